The maximum Gasteiger partial charge on any atom is 0.168 e. The Hall–Kier alpha value is -3.33. The van der Waals surface area contributed by atoms with Gasteiger partial charge in [0.05, 0.1) is 15.6 Å². The number of ether oxygens (including phenoxy) is 2. The lowest BCUT2D eigenvalue weighted by Crippen LogP contribution is -2.19. The lowest BCUT2D eigenvalue weighted by Gasteiger charge is -2.23. The Balaban J connectivity index is 1.55. The Bertz CT molecular complexity index is 1450. The molecular formula is C27H23Cl2FN4O3. The van der Waals surface area contributed by atoms with Gasteiger partial charge in [-0.3, -0.25) is 14.8 Å². The van der Waals surface area contributed by atoms with Gasteiger partial charge in [0.2, 0.25) is 0 Å². The van der Waals surface area contributed by atoms with E-state index in [0.717, 1.165) is 24.8 Å². The number of nitrogens with zero attached hydrogens (tertiary/aromatic N) is 4. The van der Waals surface area contributed by atoms with E-state index in [-0.39, 0.29) is 17.6 Å². The molecule has 0 amide bonds. The number of pyridine rings is 2. The fraction of sp³-hybridized carbons (Fsp3) is 0.259. The van der Waals surface area contributed by atoms with E-state index in [1.807, 2.05) is 13.0 Å². The Morgan fingerprint density at radius 3 is 2.68 bits per heavy atom. The van der Waals surface area contributed by atoms with Crippen molar-refractivity contribution in [3.05, 3.63) is 81.5 Å². The monoisotopic (exact) mass is 540 g/mol. The number of rotatable bonds is 7. The molecule has 5 rings (SSSR count). The van der Waals surface area contributed by atoms with Crippen molar-refractivity contribution in [1.82, 2.24) is 19.7 Å². The van der Waals surface area contributed by atoms with Crippen molar-refractivity contribution in [3.8, 4) is 5.75 Å². The molecule has 1 fully saturated rings. The van der Waals surface area contributed by atoms with Crippen molar-refractivity contribution >= 4 is 52.3 Å². The zero-order valence-electron chi connectivity index (χ0n) is 19.9. The van der Waals surface area contributed by atoms with E-state index in [0.29, 0.717) is 45.2 Å². The fourth-order valence-corrected chi connectivity index (χ4v) is 5.04. The standard InChI is InChI=1S/C27H23Cl2FN4O3/c1-16(26-21(28)13-31-14-22(26)29)37-19-7-8-24-20(11-19)27(33-34(24)25-4-2-3-9-36-25)23(30)10-17-5-6-18(15-35)32-12-17/h5-8,10-16,25H,2-4,9H2,1H3/b23-10-. The summed E-state index contributed by atoms with van der Waals surface area (Å²) < 4.78 is 29.5. The molecule has 0 spiro atoms. The molecule has 37 heavy (non-hydrogen) atoms. The lowest BCUT2D eigenvalue weighted by molar-refractivity contribution is -0.0367. The van der Waals surface area contributed by atoms with Crippen LogP contribution in [0.25, 0.3) is 22.8 Å². The van der Waals surface area contributed by atoms with Gasteiger partial charge in [0.1, 0.15) is 23.2 Å². The molecular weight excluding hydrogens is 518 g/mol. The van der Waals surface area contributed by atoms with Crippen LogP contribution in [0.1, 0.15) is 65.8 Å². The molecule has 0 bridgehead atoms. The predicted octanol–water partition coefficient (Wildman–Crippen LogP) is 7.25. The van der Waals surface area contributed by atoms with Gasteiger partial charge in [-0.05, 0) is 62.1 Å². The molecule has 10 heteroatoms. The summed E-state index contributed by atoms with van der Waals surface area (Å²) in [5.74, 6) is -0.0512. The number of aldehydes is 1. The quantitative estimate of drug-likeness (QED) is 0.229. The second-order valence-electron chi connectivity index (χ2n) is 8.70. The summed E-state index contributed by atoms with van der Waals surface area (Å²) in [7, 11) is 0. The van der Waals surface area contributed by atoms with Crippen molar-refractivity contribution < 1.29 is 18.7 Å². The highest BCUT2D eigenvalue weighted by atomic mass is 35.5. The minimum Gasteiger partial charge on any atom is -0.486 e. The number of fused-ring (bicyclic) bond motifs is 1. The van der Waals surface area contributed by atoms with Gasteiger partial charge in [-0.25, -0.2) is 9.07 Å². The van der Waals surface area contributed by atoms with Gasteiger partial charge in [-0.1, -0.05) is 29.3 Å². The van der Waals surface area contributed by atoms with E-state index in [9.17, 15) is 4.79 Å². The number of hydrogen-bond donors (Lipinski definition) is 0. The average molecular weight is 541 g/mol. The zero-order chi connectivity index (χ0) is 25.9. The Morgan fingerprint density at radius 1 is 1.19 bits per heavy atom. The Kier molecular flexibility index (Phi) is 7.50. The zero-order valence-corrected chi connectivity index (χ0v) is 21.4. The van der Waals surface area contributed by atoms with Gasteiger partial charge in [-0.15, -0.1) is 0 Å². The van der Waals surface area contributed by atoms with Crippen molar-refractivity contribution in [2.75, 3.05) is 6.61 Å². The van der Waals surface area contributed by atoms with Crippen LogP contribution < -0.4 is 4.74 Å². The first-order valence-electron chi connectivity index (χ1n) is 11.8. The normalized spacial score (nSPS) is 17.1. The number of hydrogen-bond acceptors (Lipinski definition) is 6. The lowest BCUT2D eigenvalue weighted by atomic mass is 10.1. The van der Waals surface area contributed by atoms with Gasteiger partial charge in [0, 0.05) is 36.1 Å². The van der Waals surface area contributed by atoms with Gasteiger partial charge in [0.25, 0.3) is 0 Å². The largest absolute Gasteiger partial charge is 0.486 e. The van der Waals surface area contributed by atoms with Gasteiger partial charge >= 0.3 is 0 Å². The maximum absolute atomic E-state index is 15.6. The predicted molar refractivity (Wildman–Crippen MR) is 140 cm³/mol. The molecule has 0 aliphatic carbocycles. The van der Waals surface area contributed by atoms with Crippen LogP contribution in [0.3, 0.4) is 0 Å². The van der Waals surface area contributed by atoms with Crippen molar-refractivity contribution in [2.45, 2.75) is 38.5 Å². The van der Waals surface area contributed by atoms with Crippen molar-refractivity contribution in [3.63, 3.8) is 0 Å². The van der Waals surface area contributed by atoms with E-state index in [1.54, 1.807) is 22.9 Å². The average Bonchev–Trinajstić information content (AvgIpc) is 3.28. The number of carbonyl (C=O) groups excluding carboxylic acids is 1. The summed E-state index contributed by atoms with van der Waals surface area (Å²) in [4.78, 5) is 18.9. The SMILES string of the molecule is CC(Oc1ccc2c(c1)c(/C(F)=C/c1ccc(C=O)nc1)nn2C1CCCCO1)c1c(Cl)cncc1Cl. The van der Waals surface area contributed by atoms with Crippen LogP contribution in [0.2, 0.25) is 10.0 Å². The van der Waals surface area contributed by atoms with E-state index < -0.39 is 11.9 Å². The molecule has 0 saturated carbocycles. The van der Waals surface area contributed by atoms with Gasteiger partial charge in [0.15, 0.2) is 18.3 Å². The van der Waals surface area contributed by atoms with Crippen LogP contribution in [-0.4, -0.2) is 32.6 Å². The van der Waals surface area contributed by atoms with Crippen LogP contribution in [-0.2, 0) is 4.74 Å². The Labute approximate surface area is 222 Å². The molecule has 1 aromatic carbocycles. The first-order chi connectivity index (χ1) is 17.9. The summed E-state index contributed by atoms with van der Waals surface area (Å²) in [6.45, 7) is 2.45. The summed E-state index contributed by atoms with van der Waals surface area (Å²) in [5.41, 5.74) is 2.26. The highest BCUT2D eigenvalue weighted by molar-refractivity contribution is 6.35. The summed E-state index contributed by atoms with van der Waals surface area (Å²) in [6.07, 6.45) is 8.42. The van der Waals surface area contributed by atoms with Crippen LogP contribution in [0.5, 0.6) is 5.75 Å². The molecule has 3 aromatic heterocycles. The molecule has 2 atom stereocenters. The summed E-state index contributed by atoms with van der Waals surface area (Å²) >= 11 is 12.6. The molecule has 4 heterocycles. The molecule has 7 nitrogen and oxygen atoms in total. The van der Waals surface area contributed by atoms with E-state index >= 15 is 4.39 Å². The topological polar surface area (TPSA) is 79.1 Å². The second kappa shape index (κ2) is 11.0. The Morgan fingerprint density at radius 2 is 2.00 bits per heavy atom. The van der Waals surface area contributed by atoms with E-state index in [1.165, 1.54) is 30.7 Å². The molecule has 0 N–H and O–H groups in total. The third-order valence-electron chi connectivity index (χ3n) is 6.17. The fourth-order valence-electron chi connectivity index (χ4n) is 4.37. The molecule has 1 aliphatic heterocycles. The molecule has 0 radical (unpaired) electrons. The van der Waals surface area contributed by atoms with Crippen molar-refractivity contribution in [1.29, 1.82) is 0 Å². The molecule has 4 aromatic rings. The van der Waals surface area contributed by atoms with Crippen LogP contribution in [0.4, 0.5) is 4.39 Å². The number of carbonyl (C=O) groups is 1. The number of aromatic nitrogens is 4. The third kappa shape index (κ3) is 5.37. The van der Waals surface area contributed by atoms with Crippen LogP contribution in [0, 0.1) is 0 Å². The van der Waals surface area contributed by atoms with Crippen LogP contribution >= 0.6 is 23.2 Å². The van der Waals surface area contributed by atoms with E-state index in [4.69, 9.17) is 32.7 Å². The second-order valence-corrected chi connectivity index (χ2v) is 9.51. The van der Waals surface area contributed by atoms with Gasteiger partial charge < -0.3 is 9.47 Å². The third-order valence-corrected chi connectivity index (χ3v) is 6.77. The highest BCUT2D eigenvalue weighted by Gasteiger charge is 2.24. The summed E-state index contributed by atoms with van der Waals surface area (Å²) in [6, 6.07) is 8.54. The molecule has 190 valence electrons. The molecule has 1 saturated heterocycles. The molecule has 1 aliphatic rings. The maximum atomic E-state index is 15.6. The van der Waals surface area contributed by atoms with E-state index in [2.05, 4.69) is 15.1 Å². The first kappa shape index (κ1) is 25.3. The number of halogens is 3. The smallest absolute Gasteiger partial charge is 0.168 e. The minimum atomic E-state index is -0.550. The minimum absolute atomic E-state index is 0.154. The van der Waals surface area contributed by atoms with Crippen LogP contribution in [0.15, 0.2) is 48.9 Å². The summed E-state index contributed by atoms with van der Waals surface area (Å²) in [5, 5.41) is 5.97. The molecule has 2 unspecified atom stereocenters. The highest BCUT2D eigenvalue weighted by Crippen LogP contribution is 2.36. The number of benzene rings is 1. The van der Waals surface area contributed by atoms with Crippen molar-refractivity contribution in [2.24, 2.45) is 0 Å². The van der Waals surface area contributed by atoms with Gasteiger partial charge in [-0.2, -0.15) is 5.10 Å². The first-order valence-corrected chi connectivity index (χ1v) is 12.6.